The van der Waals surface area contributed by atoms with Gasteiger partial charge in [0.1, 0.15) is 0 Å². The third-order valence-corrected chi connectivity index (χ3v) is 5.12. The average molecular weight is 226 g/mol. The molecule has 2 saturated heterocycles. The van der Waals surface area contributed by atoms with Gasteiger partial charge in [0.05, 0.1) is 32.2 Å². The highest BCUT2D eigenvalue weighted by molar-refractivity contribution is 4.93. The van der Waals surface area contributed by atoms with Crippen LogP contribution in [0.4, 0.5) is 0 Å². The Balaban J connectivity index is 2.22. The number of nitrogens with zero attached hydrogens (tertiary/aromatic N) is 1. The van der Waals surface area contributed by atoms with Crippen LogP contribution in [0.2, 0.25) is 0 Å². The van der Waals surface area contributed by atoms with E-state index < -0.39 is 0 Å². The summed E-state index contributed by atoms with van der Waals surface area (Å²) in [4.78, 5) is 0. The smallest absolute Gasteiger partial charge is 0.159 e. The van der Waals surface area contributed by atoms with E-state index in [1.165, 1.54) is 43.6 Å². The van der Waals surface area contributed by atoms with E-state index in [4.69, 9.17) is 0 Å². The summed E-state index contributed by atoms with van der Waals surface area (Å²) < 4.78 is 1.29. The normalized spacial score (nSPS) is 39.8. The fraction of sp³-hybridized carbons (Fsp3) is 1.00. The van der Waals surface area contributed by atoms with Crippen LogP contribution in [-0.2, 0) is 0 Å². The van der Waals surface area contributed by atoms with Crippen molar-refractivity contribution in [2.45, 2.75) is 46.3 Å². The Kier molecular flexibility index (Phi) is 3.30. The third kappa shape index (κ3) is 1.79. The molecule has 94 valence electrons. The van der Waals surface area contributed by atoms with E-state index in [1.807, 2.05) is 0 Å². The van der Waals surface area contributed by atoms with Crippen LogP contribution in [0, 0.1) is 5.41 Å². The Morgan fingerprint density at radius 3 is 2.31 bits per heavy atom. The Morgan fingerprint density at radius 1 is 1.12 bits per heavy atom. The Hall–Kier alpha value is -0.120. The molecule has 2 N–H and O–H groups in total. The summed E-state index contributed by atoms with van der Waals surface area (Å²) >= 11 is 0. The molecule has 0 saturated carbocycles. The second-order valence-corrected chi connectivity index (χ2v) is 6.15. The molecular formula is C13H28N3+. The van der Waals surface area contributed by atoms with Gasteiger partial charge >= 0.3 is 0 Å². The number of nitrogens with one attached hydrogen (secondary N) is 2. The maximum Gasteiger partial charge on any atom is 0.159 e. The minimum absolute atomic E-state index is 0.390. The van der Waals surface area contributed by atoms with Crippen LogP contribution in [0.15, 0.2) is 0 Å². The van der Waals surface area contributed by atoms with E-state index in [0.717, 1.165) is 0 Å². The van der Waals surface area contributed by atoms with Crippen molar-refractivity contribution in [3.8, 4) is 0 Å². The molecule has 2 aliphatic rings. The molecule has 16 heavy (non-hydrogen) atoms. The molecule has 2 aliphatic heterocycles. The molecule has 0 bridgehead atoms. The number of fused-ring (bicyclic) bond motifs is 1. The average Bonchev–Trinajstić information content (AvgIpc) is 2.72. The van der Waals surface area contributed by atoms with Gasteiger partial charge in [-0.3, -0.25) is 5.32 Å². The van der Waals surface area contributed by atoms with Crippen molar-refractivity contribution in [3.05, 3.63) is 0 Å². The lowest BCUT2D eigenvalue weighted by atomic mass is 9.78. The van der Waals surface area contributed by atoms with E-state index in [2.05, 4.69) is 38.3 Å². The number of quaternary nitrogens is 1. The second kappa shape index (κ2) is 4.28. The molecule has 2 rings (SSSR count). The van der Waals surface area contributed by atoms with Crippen molar-refractivity contribution >= 4 is 0 Å². The predicted molar refractivity (Wildman–Crippen MR) is 68.2 cm³/mol. The number of hydrogen-bond acceptors (Lipinski definition) is 2. The molecule has 0 aromatic heterocycles. The number of piperazine rings is 1. The fourth-order valence-corrected chi connectivity index (χ4v) is 3.44. The summed E-state index contributed by atoms with van der Waals surface area (Å²) in [6.07, 6.45) is 1.88. The monoisotopic (exact) mass is 226 g/mol. The third-order valence-electron chi connectivity index (χ3n) is 5.12. The first kappa shape index (κ1) is 12.3. The topological polar surface area (TPSA) is 24.1 Å². The van der Waals surface area contributed by atoms with Crippen molar-refractivity contribution in [1.82, 2.24) is 10.6 Å². The molecule has 0 amide bonds. The van der Waals surface area contributed by atoms with E-state index >= 15 is 0 Å². The van der Waals surface area contributed by atoms with Crippen LogP contribution in [0.3, 0.4) is 0 Å². The summed E-state index contributed by atoms with van der Waals surface area (Å²) in [6.45, 7) is 15.7. The van der Waals surface area contributed by atoms with Crippen LogP contribution in [0.5, 0.6) is 0 Å². The van der Waals surface area contributed by atoms with Gasteiger partial charge in [0.25, 0.3) is 0 Å². The summed E-state index contributed by atoms with van der Waals surface area (Å²) in [6, 6.07) is 0.619. The molecule has 0 spiro atoms. The van der Waals surface area contributed by atoms with Crippen LogP contribution in [0.1, 0.15) is 34.1 Å². The molecule has 3 atom stereocenters. The van der Waals surface area contributed by atoms with E-state index in [0.29, 0.717) is 17.6 Å². The lowest BCUT2D eigenvalue weighted by molar-refractivity contribution is -0.944. The molecular weight excluding hydrogens is 198 g/mol. The molecule has 0 aromatic rings. The Morgan fingerprint density at radius 2 is 1.75 bits per heavy atom. The largest absolute Gasteiger partial charge is 0.306 e. The molecule has 3 unspecified atom stereocenters. The predicted octanol–water partition coefficient (Wildman–Crippen LogP) is 1.16. The first-order valence-electron chi connectivity index (χ1n) is 6.88. The fourth-order valence-electron chi connectivity index (χ4n) is 3.44. The van der Waals surface area contributed by atoms with E-state index in [9.17, 15) is 0 Å². The number of rotatable bonds is 3. The van der Waals surface area contributed by atoms with Gasteiger partial charge in [-0.05, 0) is 18.8 Å². The molecule has 0 radical (unpaired) electrons. The first-order valence-corrected chi connectivity index (χ1v) is 6.88. The molecule has 3 heteroatoms. The van der Waals surface area contributed by atoms with Crippen LogP contribution in [-0.4, -0.2) is 49.4 Å². The second-order valence-electron chi connectivity index (χ2n) is 6.15. The number of likely N-dealkylation sites (N-methyl/N-ethyl adjacent to an activating group) is 1. The Labute approximate surface area is 100 Å². The lowest BCUT2D eigenvalue weighted by Crippen LogP contribution is -2.71. The van der Waals surface area contributed by atoms with Crippen LogP contribution in [0.25, 0.3) is 0 Å². The zero-order chi connectivity index (χ0) is 11.8. The SMILES string of the molecule is CCC(C)(C)C1NCC[N+]2(CC)CCNC12. The molecule has 0 aliphatic carbocycles. The quantitative estimate of drug-likeness (QED) is 0.706. The molecule has 3 nitrogen and oxygen atoms in total. The summed E-state index contributed by atoms with van der Waals surface area (Å²) in [5.74, 6) is 0. The van der Waals surface area contributed by atoms with Crippen LogP contribution < -0.4 is 10.6 Å². The van der Waals surface area contributed by atoms with Gasteiger partial charge in [-0.15, -0.1) is 0 Å². The highest BCUT2D eigenvalue weighted by Gasteiger charge is 2.51. The molecule has 2 heterocycles. The van der Waals surface area contributed by atoms with Gasteiger partial charge in [-0.25, -0.2) is 0 Å². The van der Waals surface area contributed by atoms with Crippen molar-refractivity contribution in [2.75, 3.05) is 32.7 Å². The van der Waals surface area contributed by atoms with Crippen molar-refractivity contribution in [2.24, 2.45) is 5.41 Å². The number of hydrogen-bond donors (Lipinski definition) is 2. The highest BCUT2D eigenvalue weighted by atomic mass is 15.5. The van der Waals surface area contributed by atoms with Crippen molar-refractivity contribution in [1.29, 1.82) is 0 Å². The minimum atomic E-state index is 0.390. The Bertz CT molecular complexity index is 252. The van der Waals surface area contributed by atoms with Gasteiger partial charge < -0.3 is 9.80 Å². The van der Waals surface area contributed by atoms with E-state index in [-0.39, 0.29) is 0 Å². The highest BCUT2D eigenvalue weighted by Crippen LogP contribution is 2.34. The van der Waals surface area contributed by atoms with Crippen molar-refractivity contribution in [3.63, 3.8) is 0 Å². The van der Waals surface area contributed by atoms with Gasteiger partial charge in [0.2, 0.25) is 0 Å². The van der Waals surface area contributed by atoms with Gasteiger partial charge in [-0.2, -0.15) is 0 Å². The van der Waals surface area contributed by atoms with Gasteiger partial charge in [0, 0.05) is 6.54 Å². The van der Waals surface area contributed by atoms with E-state index in [1.54, 1.807) is 0 Å². The zero-order valence-electron chi connectivity index (χ0n) is 11.3. The summed E-state index contributed by atoms with van der Waals surface area (Å²) in [5.41, 5.74) is 0.390. The molecule has 2 fully saturated rings. The minimum Gasteiger partial charge on any atom is -0.306 e. The maximum absolute atomic E-state index is 3.76. The van der Waals surface area contributed by atoms with Gasteiger partial charge in [-0.1, -0.05) is 20.8 Å². The lowest BCUT2D eigenvalue weighted by Gasteiger charge is -2.50. The standard InChI is InChI=1S/C13H28N3/c1-5-13(3,4)11-12-15-8-10-16(12,6-2)9-7-14-11/h11-12,14-15H,5-10H2,1-4H3/q+1. The summed E-state index contributed by atoms with van der Waals surface area (Å²) in [5, 5.41) is 7.51. The van der Waals surface area contributed by atoms with Crippen LogP contribution >= 0.6 is 0 Å². The first-order chi connectivity index (χ1) is 7.56. The van der Waals surface area contributed by atoms with Gasteiger partial charge in [0.15, 0.2) is 6.17 Å². The zero-order valence-corrected chi connectivity index (χ0v) is 11.3. The van der Waals surface area contributed by atoms with Crippen molar-refractivity contribution < 1.29 is 4.48 Å². The maximum atomic E-state index is 3.76. The molecule has 0 aromatic carbocycles. The summed E-state index contributed by atoms with van der Waals surface area (Å²) in [7, 11) is 0.